The standard InChI is InChI=1S/C23H27NO4/c1-5-16(2)20-8-6-7-9-21(20)24-23(26)17(3)28-22(25)15-12-18-10-13-19(27-4)14-11-18/h6-17H,5H2,1-4H3,(H,24,26)/b15-12+/t16-,17+/m0/s1. The Kier molecular flexibility index (Phi) is 7.81. The predicted molar refractivity (Wildman–Crippen MR) is 111 cm³/mol. The molecule has 0 radical (unpaired) electrons. The normalized spacial score (nSPS) is 13.0. The molecule has 1 N–H and O–H groups in total. The first-order valence-electron chi connectivity index (χ1n) is 9.37. The van der Waals surface area contributed by atoms with Crippen LogP contribution >= 0.6 is 0 Å². The van der Waals surface area contributed by atoms with Gasteiger partial charge in [-0.1, -0.05) is 44.2 Å². The van der Waals surface area contributed by atoms with Gasteiger partial charge in [0, 0.05) is 11.8 Å². The third-order valence-corrected chi connectivity index (χ3v) is 4.55. The van der Waals surface area contributed by atoms with E-state index >= 15 is 0 Å². The molecule has 148 valence electrons. The van der Waals surface area contributed by atoms with E-state index < -0.39 is 12.1 Å². The highest BCUT2D eigenvalue weighted by atomic mass is 16.5. The molecule has 5 nitrogen and oxygen atoms in total. The number of rotatable bonds is 8. The molecule has 28 heavy (non-hydrogen) atoms. The van der Waals surface area contributed by atoms with Gasteiger partial charge in [-0.2, -0.15) is 0 Å². The second-order valence-electron chi connectivity index (χ2n) is 6.57. The van der Waals surface area contributed by atoms with Crippen molar-refractivity contribution in [3.63, 3.8) is 0 Å². The van der Waals surface area contributed by atoms with Gasteiger partial charge in [-0.3, -0.25) is 4.79 Å². The Labute approximate surface area is 166 Å². The number of nitrogens with one attached hydrogen (secondary N) is 1. The number of ether oxygens (including phenoxy) is 2. The van der Waals surface area contributed by atoms with Crippen LogP contribution in [0.2, 0.25) is 0 Å². The largest absolute Gasteiger partial charge is 0.497 e. The van der Waals surface area contributed by atoms with E-state index in [2.05, 4.69) is 19.2 Å². The lowest BCUT2D eigenvalue weighted by Gasteiger charge is -2.17. The van der Waals surface area contributed by atoms with Crippen LogP contribution in [-0.2, 0) is 14.3 Å². The fourth-order valence-corrected chi connectivity index (χ4v) is 2.64. The van der Waals surface area contributed by atoms with Crippen molar-refractivity contribution in [2.24, 2.45) is 0 Å². The zero-order chi connectivity index (χ0) is 20.5. The second kappa shape index (κ2) is 10.3. The third-order valence-electron chi connectivity index (χ3n) is 4.55. The molecule has 2 atom stereocenters. The highest BCUT2D eigenvalue weighted by Gasteiger charge is 2.18. The van der Waals surface area contributed by atoms with E-state index in [0.717, 1.165) is 29.0 Å². The molecular formula is C23H27NO4. The molecule has 0 unspecified atom stereocenters. The zero-order valence-corrected chi connectivity index (χ0v) is 16.8. The van der Waals surface area contributed by atoms with Crippen LogP contribution in [0.5, 0.6) is 5.75 Å². The van der Waals surface area contributed by atoms with E-state index in [1.807, 2.05) is 36.4 Å². The van der Waals surface area contributed by atoms with Crippen LogP contribution < -0.4 is 10.1 Å². The van der Waals surface area contributed by atoms with Gasteiger partial charge in [0.1, 0.15) is 5.75 Å². The maximum Gasteiger partial charge on any atom is 0.331 e. The van der Waals surface area contributed by atoms with Gasteiger partial charge < -0.3 is 14.8 Å². The molecule has 0 fully saturated rings. The number of hydrogen-bond acceptors (Lipinski definition) is 4. The molecule has 0 saturated heterocycles. The highest BCUT2D eigenvalue weighted by molar-refractivity contribution is 5.97. The second-order valence-corrected chi connectivity index (χ2v) is 6.57. The van der Waals surface area contributed by atoms with Crippen LogP contribution in [0.25, 0.3) is 6.08 Å². The molecule has 0 saturated carbocycles. The topological polar surface area (TPSA) is 64.6 Å². The van der Waals surface area contributed by atoms with Gasteiger partial charge in [0.05, 0.1) is 7.11 Å². The Balaban J connectivity index is 1.94. The summed E-state index contributed by atoms with van der Waals surface area (Å²) in [6.07, 6.45) is 3.00. The average molecular weight is 381 g/mol. The first kappa shape index (κ1) is 21.2. The van der Waals surface area contributed by atoms with Crippen LogP contribution in [-0.4, -0.2) is 25.1 Å². The van der Waals surface area contributed by atoms with E-state index in [-0.39, 0.29) is 5.91 Å². The maximum absolute atomic E-state index is 12.4. The Morgan fingerprint density at radius 3 is 2.39 bits per heavy atom. The minimum absolute atomic E-state index is 0.321. The summed E-state index contributed by atoms with van der Waals surface area (Å²) >= 11 is 0. The average Bonchev–Trinajstić information content (AvgIpc) is 2.72. The summed E-state index contributed by atoms with van der Waals surface area (Å²) in [7, 11) is 1.59. The van der Waals surface area contributed by atoms with E-state index in [1.54, 1.807) is 32.2 Å². The monoisotopic (exact) mass is 381 g/mol. The molecule has 0 spiro atoms. The molecule has 0 aliphatic carbocycles. The van der Waals surface area contributed by atoms with Crippen LogP contribution in [0, 0.1) is 0 Å². The van der Waals surface area contributed by atoms with E-state index in [1.165, 1.54) is 6.08 Å². The lowest BCUT2D eigenvalue weighted by atomic mass is 9.97. The smallest absolute Gasteiger partial charge is 0.331 e. The van der Waals surface area contributed by atoms with Gasteiger partial charge >= 0.3 is 5.97 Å². The molecule has 1 amide bonds. The number of para-hydroxylation sites is 1. The van der Waals surface area contributed by atoms with Crippen molar-refractivity contribution in [2.75, 3.05) is 12.4 Å². The minimum atomic E-state index is -0.905. The van der Waals surface area contributed by atoms with Crippen molar-refractivity contribution in [2.45, 2.75) is 39.2 Å². The van der Waals surface area contributed by atoms with Gasteiger partial charge in [0.15, 0.2) is 6.10 Å². The summed E-state index contributed by atoms with van der Waals surface area (Å²) in [6, 6.07) is 14.9. The molecule has 0 aromatic heterocycles. The van der Waals surface area contributed by atoms with Crippen molar-refractivity contribution in [1.29, 1.82) is 0 Å². The number of benzene rings is 2. The van der Waals surface area contributed by atoms with Gasteiger partial charge in [0.25, 0.3) is 5.91 Å². The SMILES string of the molecule is CC[C@H](C)c1ccccc1NC(=O)[C@@H](C)OC(=O)/C=C/c1ccc(OC)cc1. The molecule has 2 rings (SSSR count). The number of carbonyl (C=O) groups excluding carboxylic acids is 2. The first-order chi connectivity index (χ1) is 13.4. The Bertz CT molecular complexity index is 827. The Hall–Kier alpha value is -3.08. The lowest BCUT2D eigenvalue weighted by Crippen LogP contribution is -2.29. The predicted octanol–water partition coefficient (Wildman–Crippen LogP) is 4.79. The quantitative estimate of drug-likeness (QED) is 0.527. The number of amides is 1. The Morgan fingerprint density at radius 1 is 1.07 bits per heavy atom. The Morgan fingerprint density at radius 2 is 1.75 bits per heavy atom. The van der Waals surface area contributed by atoms with Crippen LogP contribution in [0.4, 0.5) is 5.69 Å². The fraction of sp³-hybridized carbons (Fsp3) is 0.304. The lowest BCUT2D eigenvalue weighted by molar-refractivity contribution is -0.148. The van der Waals surface area contributed by atoms with Crippen LogP contribution in [0.3, 0.4) is 0 Å². The van der Waals surface area contributed by atoms with E-state index in [9.17, 15) is 9.59 Å². The summed E-state index contributed by atoms with van der Waals surface area (Å²) in [4.78, 5) is 24.4. The molecule has 0 aliphatic rings. The van der Waals surface area contributed by atoms with Gasteiger partial charge in [-0.05, 0) is 54.7 Å². The third kappa shape index (κ3) is 5.98. The summed E-state index contributed by atoms with van der Waals surface area (Å²) in [5.41, 5.74) is 2.65. The minimum Gasteiger partial charge on any atom is -0.497 e. The van der Waals surface area contributed by atoms with Crippen molar-refractivity contribution < 1.29 is 19.1 Å². The van der Waals surface area contributed by atoms with Crippen molar-refractivity contribution in [1.82, 2.24) is 0 Å². The molecular weight excluding hydrogens is 354 g/mol. The van der Waals surface area contributed by atoms with Gasteiger partial charge in [-0.25, -0.2) is 4.79 Å². The van der Waals surface area contributed by atoms with Crippen molar-refractivity contribution in [3.8, 4) is 5.75 Å². The summed E-state index contributed by atoms with van der Waals surface area (Å²) in [6.45, 7) is 5.77. The molecule has 2 aromatic carbocycles. The van der Waals surface area contributed by atoms with Crippen molar-refractivity contribution >= 4 is 23.6 Å². The fourth-order valence-electron chi connectivity index (χ4n) is 2.64. The summed E-state index contributed by atoms with van der Waals surface area (Å²) < 4.78 is 10.3. The highest BCUT2D eigenvalue weighted by Crippen LogP contribution is 2.26. The van der Waals surface area contributed by atoms with E-state index in [4.69, 9.17) is 9.47 Å². The zero-order valence-electron chi connectivity index (χ0n) is 16.8. The number of methoxy groups -OCH3 is 1. The van der Waals surface area contributed by atoms with Crippen LogP contribution in [0.1, 0.15) is 44.2 Å². The number of carbonyl (C=O) groups is 2. The van der Waals surface area contributed by atoms with E-state index in [0.29, 0.717) is 5.92 Å². The molecule has 2 aromatic rings. The molecule has 0 bridgehead atoms. The molecule has 5 heteroatoms. The maximum atomic E-state index is 12.4. The summed E-state index contributed by atoms with van der Waals surface area (Å²) in [5, 5.41) is 2.86. The number of anilines is 1. The van der Waals surface area contributed by atoms with Gasteiger partial charge in [-0.15, -0.1) is 0 Å². The van der Waals surface area contributed by atoms with Crippen LogP contribution in [0.15, 0.2) is 54.6 Å². The van der Waals surface area contributed by atoms with Crippen molar-refractivity contribution in [3.05, 3.63) is 65.7 Å². The number of hydrogen-bond donors (Lipinski definition) is 1. The first-order valence-corrected chi connectivity index (χ1v) is 9.37. The molecule has 0 heterocycles. The number of esters is 1. The summed E-state index contributed by atoms with van der Waals surface area (Å²) in [5.74, 6) is 0.125. The molecule has 0 aliphatic heterocycles. The van der Waals surface area contributed by atoms with Gasteiger partial charge in [0.2, 0.25) is 0 Å².